The summed E-state index contributed by atoms with van der Waals surface area (Å²) >= 11 is 0. The Labute approximate surface area is 426 Å². The van der Waals surface area contributed by atoms with Crippen molar-refractivity contribution in [1.29, 1.82) is 0 Å². The van der Waals surface area contributed by atoms with Gasteiger partial charge in [-0.25, -0.2) is 0 Å². The van der Waals surface area contributed by atoms with Gasteiger partial charge in [-0.2, -0.15) is 0 Å². The standard InChI is InChI=1S/C52H84O21/c1-47(2)14-16-52(46(65)73-44-39(64)36(61)34(59)28(20-54)69-44)17-15-50(6)23(24(52)18-47)8-9-30-49(5)12-11-31(48(3,4)29(49)10-13-51(30,50)7)70-45-41(72-42-37(62)32(57)25(55)21-66-42)40(26(56)22-67-45)71-43-38(63)35(60)33(58)27(19-53)68-43/h8,24-45,53-64H,9-22H2,1-7H3/t24-,25+,26-,27+,28+,29-,30+,31-,32-,33+,34+,35-,36-,37+,38+,39+,40-,41+,42-,43-,44-,45-,49-,50+,51+,52-/m0/s1. The number of ether oxygens (including phenoxy) is 8. The number of allylic oxidation sites excluding steroid dienone is 2. The van der Waals surface area contributed by atoms with Crippen LogP contribution < -0.4 is 0 Å². The van der Waals surface area contributed by atoms with Crippen molar-refractivity contribution in [2.75, 3.05) is 26.4 Å². The second-order valence-electron chi connectivity index (χ2n) is 25.4. The van der Waals surface area contributed by atoms with E-state index in [1.807, 2.05) is 0 Å². The van der Waals surface area contributed by atoms with Gasteiger partial charge in [-0.05, 0) is 109 Å². The molecule has 21 nitrogen and oxygen atoms in total. The second-order valence-corrected chi connectivity index (χ2v) is 25.4. The highest BCUT2D eigenvalue weighted by molar-refractivity contribution is 5.79. The van der Waals surface area contributed by atoms with E-state index in [9.17, 15) is 66.1 Å². The molecule has 0 bridgehead atoms. The number of aliphatic hydroxyl groups excluding tert-OH is 12. The summed E-state index contributed by atoms with van der Waals surface area (Å²) in [6.45, 7) is 14.0. The Kier molecular flexibility index (Phi) is 15.6. The zero-order valence-electron chi connectivity index (χ0n) is 43.2. The molecule has 0 amide bonds. The Morgan fingerprint density at radius 2 is 1.16 bits per heavy atom. The molecule has 5 aliphatic carbocycles. The van der Waals surface area contributed by atoms with Gasteiger partial charge in [0.15, 0.2) is 18.9 Å². The number of rotatable bonds is 10. The summed E-state index contributed by atoms with van der Waals surface area (Å²) in [5.41, 5.74) is -0.886. The summed E-state index contributed by atoms with van der Waals surface area (Å²) in [7, 11) is 0. The Bertz CT molecular complexity index is 2000. The monoisotopic (exact) mass is 1040 g/mol. The van der Waals surface area contributed by atoms with E-state index in [1.165, 1.54) is 5.57 Å². The van der Waals surface area contributed by atoms with Crippen LogP contribution in [0.2, 0.25) is 0 Å². The molecule has 0 aromatic rings. The number of carbonyl (C=O) groups excluding carboxylic acids is 1. The van der Waals surface area contributed by atoms with Crippen molar-refractivity contribution in [3.63, 3.8) is 0 Å². The van der Waals surface area contributed by atoms with Crippen LogP contribution in [0, 0.1) is 50.2 Å². The minimum Gasteiger partial charge on any atom is -0.432 e. The van der Waals surface area contributed by atoms with E-state index in [0.717, 1.165) is 44.9 Å². The Morgan fingerprint density at radius 3 is 1.82 bits per heavy atom. The Morgan fingerprint density at radius 1 is 0.589 bits per heavy atom. The van der Waals surface area contributed by atoms with Gasteiger partial charge in [-0.3, -0.25) is 4.79 Å². The van der Waals surface area contributed by atoms with Gasteiger partial charge in [-0.15, -0.1) is 0 Å². The van der Waals surface area contributed by atoms with Gasteiger partial charge in [0, 0.05) is 0 Å². The number of aliphatic hydroxyl groups is 12. The number of esters is 1. The van der Waals surface area contributed by atoms with E-state index in [-0.39, 0.29) is 46.0 Å². The lowest BCUT2D eigenvalue weighted by Crippen LogP contribution is -2.67. The van der Waals surface area contributed by atoms with Crippen molar-refractivity contribution < 1.29 is 104 Å². The molecule has 418 valence electrons. The lowest BCUT2D eigenvalue weighted by atomic mass is 9.33. The van der Waals surface area contributed by atoms with Crippen molar-refractivity contribution in [1.82, 2.24) is 0 Å². The van der Waals surface area contributed by atoms with E-state index in [2.05, 4.69) is 54.5 Å². The molecule has 0 spiro atoms. The van der Waals surface area contributed by atoms with E-state index in [0.29, 0.717) is 19.3 Å². The molecule has 21 heteroatoms. The highest BCUT2D eigenvalue weighted by Gasteiger charge is 2.70. The molecule has 12 N–H and O–H groups in total. The molecule has 0 unspecified atom stereocenters. The maximum atomic E-state index is 14.8. The fourth-order valence-corrected chi connectivity index (χ4v) is 16.0. The van der Waals surface area contributed by atoms with Crippen molar-refractivity contribution in [2.24, 2.45) is 50.2 Å². The number of hydrogen-bond donors (Lipinski definition) is 12. The van der Waals surface area contributed by atoms with Crippen LogP contribution in [0.15, 0.2) is 11.6 Å². The van der Waals surface area contributed by atoms with Gasteiger partial charge >= 0.3 is 5.97 Å². The molecule has 4 saturated heterocycles. The molecule has 4 aliphatic heterocycles. The van der Waals surface area contributed by atoms with Crippen molar-refractivity contribution in [2.45, 2.75) is 229 Å². The molecule has 9 aliphatic rings. The third kappa shape index (κ3) is 9.20. The molecule has 26 atom stereocenters. The fourth-order valence-electron chi connectivity index (χ4n) is 16.0. The summed E-state index contributed by atoms with van der Waals surface area (Å²) in [6, 6.07) is 0. The van der Waals surface area contributed by atoms with Gasteiger partial charge in [0.2, 0.25) is 6.29 Å². The molecular weight excluding hydrogens is 961 g/mol. The predicted molar refractivity (Wildman–Crippen MR) is 251 cm³/mol. The Hall–Kier alpha value is -1.55. The lowest BCUT2D eigenvalue weighted by Gasteiger charge is -2.71. The molecule has 8 fully saturated rings. The number of carbonyl (C=O) groups is 1. The third-order valence-corrected chi connectivity index (χ3v) is 20.6. The average molecular weight is 1050 g/mol. The topological polar surface area (TPSA) is 334 Å². The highest BCUT2D eigenvalue weighted by atomic mass is 16.8. The largest absolute Gasteiger partial charge is 0.432 e. The molecule has 0 aromatic carbocycles. The van der Waals surface area contributed by atoms with Gasteiger partial charge in [0.05, 0.1) is 37.9 Å². The molecule has 73 heavy (non-hydrogen) atoms. The van der Waals surface area contributed by atoms with Crippen molar-refractivity contribution in [3.8, 4) is 0 Å². The number of hydrogen-bond acceptors (Lipinski definition) is 21. The summed E-state index contributed by atoms with van der Waals surface area (Å²) in [5.74, 6) is -0.298. The van der Waals surface area contributed by atoms with Crippen LogP contribution in [0.25, 0.3) is 0 Å². The fraction of sp³-hybridized carbons (Fsp3) is 0.942. The summed E-state index contributed by atoms with van der Waals surface area (Å²) in [4.78, 5) is 14.8. The third-order valence-electron chi connectivity index (χ3n) is 20.6. The summed E-state index contributed by atoms with van der Waals surface area (Å²) in [5, 5.41) is 127. The maximum Gasteiger partial charge on any atom is 0.315 e. The minimum absolute atomic E-state index is 0.0796. The van der Waals surface area contributed by atoms with Crippen molar-refractivity contribution in [3.05, 3.63) is 11.6 Å². The van der Waals surface area contributed by atoms with Crippen molar-refractivity contribution >= 4 is 5.97 Å². The molecule has 0 aromatic heterocycles. The maximum absolute atomic E-state index is 14.8. The first-order valence-corrected chi connectivity index (χ1v) is 26.6. The van der Waals surface area contributed by atoms with Crippen LogP contribution in [-0.2, 0) is 42.7 Å². The smallest absolute Gasteiger partial charge is 0.315 e. The van der Waals surface area contributed by atoms with E-state index >= 15 is 0 Å². The summed E-state index contributed by atoms with van der Waals surface area (Å²) < 4.78 is 48.6. The predicted octanol–water partition coefficient (Wildman–Crippen LogP) is -0.757. The minimum atomic E-state index is -1.83. The van der Waals surface area contributed by atoms with Crippen LogP contribution in [0.5, 0.6) is 0 Å². The van der Waals surface area contributed by atoms with Gasteiger partial charge in [0.25, 0.3) is 0 Å². The van der Waals surface area contributed by atoms with Gasteiger partial charge < -0.3 is 99.2 Å². The van der Waals surface area contributed by atoms with Crippen LogP contribution in [-0.4, -0.2) is 210 Å². The van der Waals surface area contributed by atoms with Crippen LogP contribution >= 0.6 is 0 Å². The average Bonchev–Trinajstić information content (AvgIpc) is 3.34. The van der Waals surface area contributed by atoms with Crippen LogP contribution in [0.4, 0.5) is 0 Å². The molecule has 0 radical (unpaired) electrons. The lowest BCUT2D eigenvalue weighted by molar-refractivity contribution is -0.384. The zero-order valence-corrected chi connectivity index (χ0v) is 43.2. The number of fused-ring (bicyclic) bond motifs is 7. The molecule has 4 saturated carbocycles. The quantitative estimate of drug-likeness (QED) is 0.0727. The molecule has 9 rings (SSSR count). The van der Waals surface area contributed by atoms with Gasteiger partial charge in [0.1, 0.15) is 85.5 Å². The Balaban J connectivity index is 0.968. The van der Waals surface area contributed by atoms with Crippen LogP contribution in [0.3, 0.4) is 0 Å². The SMILES string of the molecule is CC1(C)CC[C@]2(C(=O)O[C@@H]3O[C@H](CO)[C@@H](O)[C@H](O)[C@H]3O)CC[C@]3(C)C(=CC[C@@H]4[C@@]5(C)CC[C@H](O[C@@H]6OC[C@H](O)[C@H](O[C@@H]7O[C@H](CO)[C@@H](O)[C@H](O)[C@H]7O)[C@H]6O[C@@H]6OC[C@@H](O)[C@H](O)[C@H]6O)C(C)(C)[C@@H]5CC[C@]43C)[C@@H]2C1. The van der Waals surface area contributed by atoms with E-state index < -0.39 is 153 Å². The second kappa shape index (κ2) is 20.3. The van der Waals surface area contributed by atoms with Gasteiger partial charge in [-0.1, -0.05) is 60.1 Å². The normalized spacial score (nSPS) is 53.7. The summed E-state index contributed by atoms with van der Waals surface area (Å²) in [6.07, 6.45) is -18.8. The van der Waals surface area contributed by atoms with Crippen LogP contribution in [0.1, 0.15) is 113 Å². The first-order valence-electron chi connectivity index (χ1n) is 26.6. The van der Waals surface area contributed by atoms with E-state index in [4.69, 9.17) is 37.9 Å². The first-order chi connectivity index (χ1) is 34.2. The van der Waals surface area contributed by atoms with E-state index in [1.54, 1.807) is 0 Å². The highest BCUT2D eigenvalue weighted by Crippen LogP contribution is 2.76. The first kappa shape index (κ1) is 56.2. The molecular formula is C52H84O21. The zero-order chi connectivity index (χ0) is 53.1. The molecule has 4 heterocycles.